The van der Waals surface area contributed by atoms with Crippen molar-refractivity contribution in [2.75, 3.05) is 13.4 Å². The number of ether oxygens (including phenoxy) is 1. The van der Waals surface area contributed by atoms with Gasteiger partial charge in [-0.25, -0.2) is 0 Å². The van der Waals surface area contributed by atoms with Crippen LogP contribution in [0.5, 0.6) is 5.75 Å². The van der Waals surface area contributed by atoms with Gasteiger partial charge in [-0.2, -0.15) is 11.8 Å². The van der Waals surface area contributed by atoms with E-state index in [4.69, 9.17) is 4.74 Å². The molecular weight excluding hydrogens is 202 g/mol. The van der Waals surface area contributed by atoms with Crippen LogP contribution in [-0.4, -0.2) is 18.3 Å². The number of methoxy groups -OCH3 is 1. The van der Waals surface area contributed by atoms with Crippen molar-refractivity contribution in [1.82, 2.24) is 0 Å². The maximum absolute atomic E-state index is 10.5. The second-order valence-electron chi connectivity index (χ2n) is 2.69. The predicted molar refractivity (Wildman–Crippen MR) is 56.9 cm³/mol. The first kappa shape index (κ1) is 10.8. The summed E-state index contributed by atoms with van der Waals surface area (Å²) in [6.07, 6.45) is 1.94. The molecule has 1 aromatic rings. The van der Waals surface area contributed by atoms with E-state index in [0.29, 0.717) is 11.5 Å². The summed E-state index contributed by atoms with van der Waals surface area (Å²) in [5.74, 6) is 1.41. The third kappa shape index (κ3) is 2.38. The van der Waals surface area contributed by atoms with Crippen LogP contribution in [0.25, 0.3) is 0 Å². The van der Waals surface area contributed by atoms with Gasteiger partial charge in [0.2, 0.25) is 0 Å². The maximum Gasteiger partial charge on any atom is 0.270 e. The van der Waals surface area contributed by atoms with Gasteiger partial charge in [-0.05, 0) is 12.3 Å². The lowest BCUT2D eigenvalue weighted by molar-refractivity contribution is -0.384. The molecule has 4 nitrogen and oxygen atoms in total. The van der Waals surface area contributed by atoms with E-state index in [-0.39, 0.29) is 5.69 Å². The van der Waals surface area contributed by atoms with Gasteiger partial charge < -0.3 is 4.74 Å². The smallest absolute Gasteiger partial charge is 0.270 e. The minimum Gasteiger partial charge on any atom is -0.496 e. The highest BCUT2D eigenvalue weighted by molar-refractivity contribution is 7.97. The number of thioether (sulfide) groups is 1. The Bertz CT molecular complexity index is 341. The van der Waals surface area contributed by atoms with Crippen molar-refractivity contribution in [1.29, 1.82) is 0 Å². The second kappa shape index (κ2) is 4.85. The van der Waals surface area contributed by atoms with Crippen LogP contribution >= 0.6 is 11.8 Å². The Balaban J connectivity index is 3.07. The van der Waals surface area contributed by atoms with Crippen molar-refractivity contribution < 1.29 is 9.66 Å². The topological polar surface area (TPSA) is 52.4 Å². The Hall–Kier alpha value is -1.23. The molecule has 0 bridgehead atoms. The SMILES string of the molecule is COc1ccc([N+](=O)[O-])cc1CSC. The number of nitro groups is 1. The first-order valence-electron chi connectivity index (χ1n) is 3.99. The van der Waals surface area contributed by atoms with E-state index in [1.807, 2.05) is 6.26 Å². The van der Waals surface area contributed by atoms with Gasteiger partial charge in [0, 0.05) is 23.4 Å². The average molecular weight is 213 g/mol. The Kier molecular flexibility index (Phi) is 3.76. The molecular formula is C9H11NO3S. The first-order chi connectivity index (χ1) is 6.69. The Morgan fingerprint density at radius 1 is 1.57 bits per heavy atom. The molecule has 14 heavy (non-hydrogen) atoms. The molecule has 0 spiro atoms. The van der Waals surface area contributed by atoms with Crippen LogP contribution < -0.4 is 4.74 Å². The van der Waals surface area contributed by atoms with Gasteiger partial charge in [0.1, 0.15) is 5.75 Å². The number of non-ortho nitro benzene ring substituents is 1. The molecule has 76 valence electrons. The molecule has 0 aliphatic heterocycles. The number of nitrogens with zero attached hydrogens (tertiary/aromatic N) is 1. The van der Waals surface area contributed by atoms with Gasteiger partial charge in [0.15, 0.2) is 0 Å². The zero-order chi connectivity index (χ0) is 10.6. The highest BCUT2D eigenvalue weighted by Gasteiger charge is 2.10. The van der Waals surface area contributed by atoms with Gasteiger partial charge in [0.25, 0.3) is 5.69 Å². The lowest BCUT2D eigenvalue weighted by Gasteiger charge is -2.06. The van der Waals surface area contributed by atoms with E-state index in [1.165, 1.54) is 6.07 Å². The van der Waals surface area contributed by atoms with Crippen LogP contribution in [0.2, 0.25) is 0 Å². The molecule has 0 aliphatic rings. The molecule has 1 rings (SSSR count). The van der Waals surface area contributed by atoms with Gasteiger partial charge in [0.05, 0.1) is 12.0 Å². The summed E-state index contributed by atoms with van der Waals surface area (Å²) < 4.78 is 5.10. The van der Waals surface area contributed by atoms with E-state index in [9.17, 15) is 10.1 Å². The fraction of sp³-hybridized carbons (Fsp3) is 0.333. The third-order valence-electron chi connectivity index (χ3n) is 1.77. The average Bonchev–Trinajstić information content (AvgIpc) is 2.18. The van der Waals surface area contributed by atoms with Crippen LogP contribution in [0.3, 0.4) is 0 Å². The molecule has 1 aromatic carbocycles. The minimum atomic E-state index is -0.400. The predicted octanol–water partition coefficient (Wildman–Crippen LogP) is 2.47. The normalized spacial score (nSPS) is 9.86. The second-order valence-corrected chi connectivity index (χ2v) is 3.55. The number of nitro benzene ring substituents is 1. The summed E-state index contributed by atoms with van der Waals surface area (Å²) in [4.78, 5) is 10.1. The van der Waals surface area contributed by atoms with Crippen LogP contribution in [0.1, 0.15) is 5.56 Å². The minimum absolute atomic E-state index is 0.106. The number of rotatable bonds is 4. The molecule has 0 atom stereocenters. The third-order valence-corrected chi connectivity index (χ3v) is 2.37. The van der Waals surface area contributed by atoms with Crippen molar-refractivity contribution in [2.24, 2.45) is 0 Å². The quantitative estimate of drug-likeness (QED) is 0.569. The molecule has 0 heterocycles. The van der Waals surface area contributed by atoms with Gasteiger partial charge in [-0.15, -0.1) is 0 Å². The van der Waals surface area contributed by atoms with Crippen molar-refractivity contribution in [3.63, 3.8) is 0 Å². The molecule has 0 aromatic heterocycles. The maximum atomic E-state index is 10.5. The van der Waals surface area contributed by atoms with Gasteiger partial charge in [-0.3, -0.25) is 10.1 Å². The summed E-state index contributed by atoms with van der Waals surface area (Å²) in [6.45, 7) is 0. The number of hydrogen-bond donors (Lipinski definition) is 0. The van der Waals surface area contributed by atoms with E-state index in [1.54, 1.807) is 31.0 Å². The van der Waals surface area contributed by atoms with Crippen molar-refractivity contribution >= 4 is 17.4 Å². The fourth-order valence-electron chi connectivity index (χ4n) is 1.15. The summed E-state index contributed by atoms with van der Waals surface area (Å²) in [7, 11) is 1.56. The lowest BCUT2D eigenvalue weighted by Crippen LogP contribution is -1.93. The molecule has 0 N–H and O–H groups in total. The van der Waals surface area contributed by atoms with Crippen LogP contribution in [-0.2, 0) is 5.75 Å². The molecule has 0 amide bonds. The van der Waals surface area contributed by atoms with E-state index in [0.717, 1.165) is 5.56 Å². The highest BCUT2D eigenvalue weighted by Crippen LogP contribution is 2.26. The Morgan fingerprint density at radius 3 is 2.79 bits per heavy atom. The van der Waals surface area contributed by atoms with Crippen LogP contribution in [0.15, 0.2) is 18.2 Å². The van der Waals surface area contributed by atoms with Crippen molar-refractivity contribution in [3.05, 3.63) is 33.9 Å². The van der Waals surface area contributed by atoms with E-state index < -0.39 is 4.92 Å². The molecule has 0 saturated carbocycles. The van der Waals surface area contributed by atoms with E-state index in [2.05, 4.69) is 0 Å². The van der Waals surface area contributed by atoms with Crippen molar-refractivity contribution in [2.45, 2.75) is 5.75 Å². The molecule has 0 radical (unpaired) electrons. The molecule has 5 heteroatoms. The zero-order valence-electron chi connectivity index (χ0n) is 8.02. The molecule has 0 fully saturated rings. The monoisotopic (exact) mass is 213 g/mol. The molecule has 0 saturated heterocycles. The fourth-order valence-corrected chi connectivity index (χ4v) is 1.68. The largest absolute Gasteiger partial charge is 0.496 e. The zero-order valence-corrected chi connectivity index (χ0v) is 8.84. The standard InChI is InChI=1S/C9H11NO3S/c1-13-9-4-3-8(10(11)12)5-7(9)6-14-2/h3-5H,6H2,1-2H3. The number of hydrogen-bond acceptors (Lipinski definition) is 4. The molecule has 0 unspecified atom stereocenters. The van der Waals surface area contributed by atoms with Crippen molar-refractivity contribution in [3.8, 4) is 5.75 Å². The van der Waals surface area contributed by atoms with Crippen LogP contribution in [0.4, 0.5) is 5.69 Å². The summed E-state index contributed by atoms with van der Waals surface area (Å²) in [5.41, 5.74) is 0.962. The Morgan fingerprint density at radius 2 is 2.29 bits per heavy atom. The Labute approximate surface area is 86.4 Å². The highest BCUT2D eigenvalue weighted by atomic mass is 32.2. The molecule has 0 aliphatic carbocycles. The number of benzene rings is 1. The first-order valence-corrected chi connectivity index (χ1v) is 5.38. The summed E-state index contributed by atoms with van der Waals surface area (Å²) in [6, 6.07) is 4.63. The van der Waals surface area contributed by atoms with Gasteiger partial charge >= 0.3 is 0 Å². The van der Waals surface area contributed by atoms with E-state index >= 15 is 0 Å². The summed E-state index contributed by atoms with van der Waals surface area (Å²) in [5, 5.41) is 10.5. The van der Waals surface area contributed by atoms with Crippen LogP contribution in [0, 0.1) is 10.1 Å². The lowest BCUT2D eigenvalue weighted by atomic mass is 10.2. The summed E-state index contributed by atoms with van der Waals surface area (Å²) >= 11 is 1.60. The van der Waals surface area contributed by atoms with Gasteiger partial charge in [-0.1, -0.05) is 0 Å².